The lowest BCUT2D eigenvalue weighted by Gasteiger charge is -2.10. The first-order valence-electron chi connectivity index (χ1n) is 12.2. The Hall–Kier alpha value is -0.540. The van der Waals surface area contributed by atoms with E-state index in [1.807, 2.05) is 0 Å². The van der Waals surface area contributed by atoms with Crippen molar-refractivity contribution in [3.8, 4) is 0 Å². The van der Waals surface area contributed by atoms with Gasteiger partial charge in [0.1, 0.15) is 0 Å². The maximum atomic E-state index is 5.81. The zero-order valence-electron chi connectivity index (χ0n) is 18.7. The summed E-state index contributed by atoms with van der Waals surface area (Å²) in [5.74, 6) is 0. The highest BCUT2D eigenvalue weighted by atomic mass is 15.0. The highest BCUT2D eigenvalue weighted by Crippen LogP contribution is 2.13. The summed E-state index contributed by atoms with van der Waals surface area (Å²) in [5.41, 5.74) is 5.81. The lowest BCUT2D eigenvalue weighted by atomic mass is 10.0. The van der Waals surface area contributed by atoms with Crippen molar-refractivity contribution in [3.05, 3.63) is 12.3 Å². The largest absolute Gasteiger partial charge is 0.391 e. The molecular weight excluding hydrogens is 330 g/mol. The molecule has 0 aromatic carbocycles. The fraction of sp³-hybridized carbons (Fsp3) is 0.917. The smallest absolute Gasteiger partial charge is 0.0543 e. The van der Waals surface area contributed by atoms with E-state index in [0.717, 1.165) is 25.9 Å². The quantitative estimate of drug-likeness (QED) is 0.146. The van der Waals surface area contributed by atoms with Crippen molar-refractivity contribution >= 4 is 0 Å². The first-order valence-corrected chi connectivity index (χ1v) is 12.2. The molecule has 3 nitrogen and oxygen atoms in total. The van der Waals surface area contributed by atoms with Crippen LogP contribution in [0, 0.1) is 0 Å². The summed E-state index contributed by atoms with van der Waals surface area (Å²) in [5, 5.41) is 6.67. The summed E-state index contributed by atoms with van der Waals surface area (Å²) >= 11 is 0. The van der Waals surface area contributed by atoms with Gasteiger partial charge < -0.3 is 16.4 Å². The fourth-order valence-corrected chi connectivity index (χ4v) is 3.33. The van der Waals surface area contributed by atoms with Gasteiger partial charge in [-0.25, -0.2) is 0 Å². The molecule has 0 amide bonds. The van der Waals surface area contributed by atoms with Gasteiger partial charge in [0.25, 0.3) is 0 Å². The summed E-state index contributed by atoms with van der Waals surface area (Å²) in [6.07, 6.45) is 27.9. The zero-order chi connectivity index (χ0) is 19.8. The molecule has 0 saturated heterocycles. The Balaban J connectivity index is 3.08. The van der Waals surface area contributed by atoms with E-state index >= 15 is 0 Å². The van der Waals surface area contributed by atoms with E-state index in [-0.39, 0.29) is 6.17 Å². The molecule has 4 N–H and O–H groups in total. The molecule has 0 aromatic heterocycles. The van der Waals surface area contributed by atoms with Gasteiger partial charge in [-0.15, -0.1) is 0 Å². The zero-order valence-corrected chi connectivity index (χ0v) is 18.7. The molecule has 27 heavy (non-hydrogen) atoms. The summed E-state index contributed by atoms with van der Waals surface area (Å²) in [4.78, 5) is 0. The number of unbranched alkanes of at least 4 members (excludes halogenated alkanes) is 14. The average molecular weight is 382 g/mol. The molecule has 162 valence electrons. The topological polar surface area (TPSA) is 50.1 Å². The van der Waals surface area contributed by atoms with Gasteiger partial charge in [-0.1, -0.05) is 103 Å². The van der Waals surface area contributed by atoms with Gasteiger partial charge in [0.2, 0.25) is 0 Å². The molecule has 0 heterocycles. The minimum atomic E-state index is 0.154. The number of allylic oxidation sites excluding steroid dienone is 1. The number of rotatable bonds is 22. The molecule has 0 bridgehead atoms. The van der Waals surface area contributed by atoms with E-state index in [1.54, 1.807) is 0 Å². The van der Waals surface area contributed by atoms with Crippen molar-refractivity contribution in [3.63, 3.8) is 0 Å². The van der Waals surface area contributed by atoms with Crippen LogP contribution in [0.1, 0.15) is 123 Å². The number of hydrogen-bond acceptors (Lipinski definition) is 3. The van der Waals surface area contributed by atoms with Gasteiger partial charge in [-0.2, -0.15) is 0 Å². The van der Waals surface area contributed by atoms with Crippen LogP contribution < -0.4 is 16.4 Å². The van der Waals surface area contributed by atoms with Gasteiger partial charge >= 0.3 is 0 Å². The predicted octanol–water partition coefficient (Wildman–Crippen LogP) is 6.64. The highest BCUT2D eigenvalue weighted by molar-refractivity contribution is 4.79. The monoisotopic (exact) mass is 381 g/mol. The van der Waals surface area contributed by atoms with E-state index in [2.05, 4.69) is 36.8 Å². The van der Waals surface area contributed by atoms with Crippen LogP contribution in [-0.4, -0.2) is 19.3 Å². The number of hydrogen-bond donors (Lipinski definition) is 3. The van der Waals surface area contributed by atoms with Crippen molar-refractivity contribution in [1.29, 1.82) is 0 Å². The Labute approximate surface area is 171 Å². The van der Waals surface area contributed by atoms with Crippen molar-refractivity contribution in [2.45, 2.75) is 129 Å². The van der Waals surface area contributed by atoms with Crippen LogP contribution in [0.25, 0.3) is 0 Å². The highest BCUT2D eigenvalue weighted by Gasteiger charge is 1.95. The minimum Gasteiger partial charge on any atom is -0.391 e. The molecule has 3 heteroatoms. The van der Waals surface area contributed by atoms with Gasteiger partial charge in [-0.3, -0.25) is 0 Å². The molecular formula is C24H51N3. The number of nitrogens with two attached hydrogens (primary N) is 1. The molecule has 1 unspecified atom stereocenters. The molecule has 0 aromatic rings. The van der Waals surface area contributed by atoms with Crippen molar-refractivity contribution in [2.75, 3.05) is 13.1 Å². The second kappa shape index (κ2) is 23.5. The first kappa shape index (κ1) is 26.5. The van der Waals surface area contributed by atoms with Gasteiger partial charge in [0, 0.05) is 6.54 Å². The van der Waals surface area contributed by atoms with Crippen molar-refractivity contribution in [2.24, 2.45) is 5.73 Å². The molecule has 0 saturated carbocycles. The van der Waals surface area contributed by atoms with E-state index < -0.39 is 0 Å². The maximum Gasteiger partial charge on any atom is 0.0543 e. The molecule has 0 aliphatic heterocycles. The average Bonchev–Trinajstić information content (AvgIpc) is 2.68. The molecule has 1 atom stereocenters. The summed E-state index contributed by atoms with van der Waals surface area (Å²) < 4.78 is 0. The predicted molar refractivity (Wildman–Crippen MR) is 123 cm³/mol. The van der Waals surface area contributed by atoms with Gasteiger partial charge in [0.05, 0.1) is 6.17 Å². The van der Waals surface area contributed by atoms with Crippen molar-refractivity contribution < 1.29 is 0 Å². The summed E-state index contributed by atoms with van der Waals surface area (Å²) in [6.45, 7) is 6.42. The molecule has 0 rings (SSSR count). The SMILES string of the molecule is CCCCCCCCCCCCCCCCC=CNCCCNC(N)CC. The molecule has 0 aliphatic rings. The Bertz CT molecular complexity index is 291. The standard InChI is InChI=1S/C24H51N3/c1-3-5-6-7-8-9-10-11-12-13-14-15-16-17-18-19-21-26-22-20-23-27-24(25)4-2/h19,21,24,26-27H,3-18,20,22-23,25H2,1-2H3. The van der Waals surface area contributed by atoms with E-state index in [0.29, 0.717) is 0 Å². The normalized spacial score (nSPS) is 12.7. The van der Waals surface area contributed by atoms with E-state index in [9.17, 15) is 0 Å². The minimum absolute atomic E-state index is 0.154. The van der Waals surface area contributed by atoms with Crippen LogP contribution in [0.5, 0.6) is 0 Å². The molecule has 0 aliphatic carbocycles. The maximum absolute atomic E-state index is 5.81. The second-order valence-electron chi connectivity index (χ2n) is 8.06. The van der Waals surface area contributed by atoms with Crippen LogP contribution in [0.3, 0.4) is 0 Å². The third kappa shape index (κ3) is 23.4. The molecule has 0 fully saturated rings. The lowest BCUT2D eigenvalue weighted by molar-refractivity contribution is 0.503. The molecule has 0 spiro atoms. The van der Waals surface area contributed by atoms with E-state index in [4.69, 9.17) is 5.73 Å². The van der Waals surface area contributed by atoms with Crippen molar-refractivity contribution in [1.82, 2.24) is 10.6 Å². The van der Waals surface area contributed by atoms with Crippen LogP contribution in [-0.2, 0) is 0 Å². The van der Waals surface area contributed by atoms with E-state index in [1.165, 1.54) is 96.3 Å². The fourth-order valence-electron chi connectivity index (χ4n) is 3.33. The van der Waals surface area contributed by atoms with Gasteiger partial charge in [-0.05, 0) is 38.4 Å². The Morgan fingerprint density at radius 1 is 0.667 bits per heavy atom. The lowest BCUT2D eigenvalue weighted by Crippen LogP contribution is -2.37. The summed E-state index contributed by atoms with van der Waals surface area (Å²) in [7, 11) is 0. The Kier molecular flexibility index (Phi) is 23.0. The Morgan fingerprint density at radius 2 is 1.19 bits per heavy atom. The summed E-state index contributed by atoms with van der Waals surface area (Å²) in [6, 6.07) is 0. The van der Waals surface area contributed by atoms with Crippen LogP contribution in [0.2, 0.25) is 0 Å². The first-order chi connectivity index (χ1) is 13.3. The van der Waals surface area contributed by atoms with Gasteiger partial charge in [0.15, 0.2) is 0 Å². The Morgan fingerprint density at radius 3 is 1.70 bits per heavy atom. The molecule has 0 radical (unpaired) electrons. The third-order valence-electron chi connectivity index (χ3n) is 5.30. The second-order valence-corrected chi connectivity index (χ2v) is 8.06. The third-order valence-corrected chi connectivity index (χ3v) is 5.30. The number of nitrogens with one attached hydrogen (secondary N) is 2. The van der Waals surface area contributed by atoms with Crippen LogP contribution in [0.15, 0.2) is 12.3 Å². The van der Waals surface area contributed by atoms with Crippen LogP contribution >= 0.6 is 0 Å². The van der Waals surface area contributed by atoms with Crippen LogP contribution in [0.4, 0.5) is 0 Å².